The van der Waals surface area contributed by atoms with Gasteiger partial charge in [0, 0.05) is 18.3 Å². The standard InChI is InChI=1S/C13H15F2N3O/c14-13(15)4-2-1-3-11(17)9-19-12-8-18-6-5-10(12)7-16/h1-6,8,13,17H,7,9,16H2/b3-1-,4-2+,17-11?. The van der Waals surface area contributed by atoms with E-state index in [2.05, 4.69) is 4.98 Å². The Labute approximate surface area is 110 Å². The number of nitrogens with one attached hydrogen (secondary N) is 1. The molecule has 0 bridgehead atoms. The van der Waals surface area contributed by atoms with Crippen LogP contribution in [-0.4, -0.2) is 23.7 Å². The van der Waals surface area contributed by atoms with Crippen molar-refractivity contribution >= 4 is 5.71 Å². The second kappa shape index (κ2) is 8.10. The maximum atomic E-state index is 11.8. The first-order chi connectivity index (χ1) is 9.13. The molecule has 0 amide bonds. The molecule has 0 fully saturated rings. The summed E-state index contributed by atoms with van der Waals surface area (Å²) in [5.74, 6) is 0.520. The van der Waals surface area contributed by atoms with Crippen LogP contribution in [-0.2, 0) is 6.54 Å². The highest BCUT2D eigenvalue weighted by molar-refractivity contribution is 5.93. The lowest BCUT2D eigenvalue weighted by molar-refractivity contribution is 0.204. The number of pyridine rings is 1. The monoisotopic (exact) mass is 267 g/mol. The van der Waals surface area contributed by atoms with Crippen molar-refractivity contribution in [3.8, 4) is 5.75 Å². The van der Waals surface area contributed by atoms with E-state index in [1.807, 2.05) is 0 Å². The number of ether oxygens (including phenoxy) is 1. The molecular weight excluding hydrogens is 252 g/mol. The van der Waals surface area contributed by atoms with Crippen LogP contribution >= 0.6 is 0 Å². The van der Waals surface area contributed by atoms with Crippen LogP contribution < -0.4 is 10.5 Å². The van der Waals surface area contributed by atoms with E-state index in [0.29, 0.717) is 12.3 Å². The third-order valence-electron chi connectivity index (χ3n) is 2.14. The molecule has 0 saturated heterocycles. The van der Waals surface area contributed by atoms with Gasteiger partial charge in [-0.2, -0.15) is 0 Å². The third-order valence-corrected chi connectivity index (χ3v) is 2.14. The van der Waals surface area contributed by atoms with Crippen molar-refractivity contribution in [3.05, 3.63) is 48.3 Å². The molecule has 19 heavy (non-hydrogen) atoms. The lowest BCUT2D eigenvalue weighted by atomic mass is 10.2. The van der Waals surface area contributed by atoms with Crippen molar-refractivity contribution in [1.82, 2.24) is 4.98 Å². The van der Waals surface area contributed by atoms with Crippen molar-refractivity contribution in [2.24, 2.45) is 5.73 Å². The Kier molecular flexibility index (Phi) is 6.38. The molecule has 0 aromatic carbocycles. The minimum Gasteiger partial charge on any atom is -0.485 e. The normalized spacial score (nSPS) is 11.6. The Balaban J connectivity index is 2.46. The smallest absolute Gasteiger partial charge is 0.257 e. The summed E-state index contributed by atoms with van der Waals surface area (Å²) in [4.78, 5) is 3.90. The number of allylic oxidation sites excluding steroid dienone is 3. The Hall–Kier alpha value is -2.08. The summed E-state index contributed by atoms with van der Waals surface area (Å²) in [6.07, 6.45) is 5.32. The summed E-state index contributed by atoms with van der Waals surface area (Å²) >= 11 is 0. The molecule has 0 aliphatic heterocycles. The molecular formula is C13H15F2N3O. The molecule has 0 spiro atoms. The summed E-state index contributed by atoms with van der Waals surface area (Å²) in [7, 11) is 0. The van der Waals surface area contributed by atoms with Crippen LogP contribution in [0.4, 0.5) is 8.78 Å². The molecule has 1 aromatic rings. The zero-order valence-corrected chi connectivity index (χ0v) is 10.2. The van der Waals surface area contributed by atoms with Gasteiger partial charge in [0.05, 0.1) is 11.9 Å². The van der Waals surface area contributed by atoms with Gasteiger partial charge < -0.3 is 15.9 Å². The quantitative estimate of drug-likeness (QED) is 0.588. The molecule has 1 heterocycles. The van der Waals surface area contributed by atoms with Gasteiger partial charge in [0.15, 0.2) is 0 Å². The number of nitrogens with zero attached hydrogens (tertiary/aromatic N) is 1. The fraction of sp³-hybridized carbons (Fsp3) is 0.231. The second-order valence-electron chi connectivity index (χ2n) is 3.58. The van der Waals surface area contributed by atoms with Gasteiger partial charge in [-0.15, -0.1) is 0 Å². The van der Waals surface area contributed by atoms with E-state index < -0.39 is 6.43 Å². The Bertz CT molecular complexity index is 473. The maximum absolute atomic E-state index is 11.8. The minimum atomic E-state index is -2.49. The van der Waals surface area contributed by atoms with E-state index in [0.717, 1.165) is 11.6 Å². The van der Waals surface area contributed by atoms with Gasteiger partial charge in [0.25, 0.3) is 6.43 Å². The Morgan fingerprint density at radius 1 is 1.47 bits per heavy atom. The number of rotatable bonds is 7. The van der Waals surface area contributed by atoms with Gasteiger partial charge in [-0.3, -0.25) is 4.98 Å². The van der Waals surface area contributed by atoms with Crippen LogP contribution in [0.3, 0.4) is 0 Å². The summed E-state index contributed by atoms with van der Waals surface area (Å²) in [6, 6.07) is 1.74. The average Bonchev–Trinajstić information content (AvgIpc) is 2.41. The summed E-state index contributed by atoms with van der Waals surface area (Å²) in [5.41, 5.74) is 6.48. The summed E-state index contributed by atoms with van der Waals surface area (Å²) in [6.45, 7) is 0.343. The number of hydrogen-bond donors (Lipinski definition) is 2. The van der Waals surface area contributed by atoms with Crippen molar-refractivity contribution in [2.75, 3.05) is 6.61 Å². The largest absolute Gasteiger partial charge is 0.485 e. The molecule has 0 saturated carbocycles. The molecule has 3 N–H and O–H groups in total. The number of halogens is 2. The van der Waals surface area contributed by atoms with Crippen LogP contribution in [0, 0.1) is 5.41 Å². The first-order valence-corrected chi connectivity index (χ1v) is 5.59. The van der Waals surface area contributed by atoms with Crippen molar-refractivity contribution in [3.63, 3.8) is 0 Å². The van der Waals surface area contributed by atoms with Crippen molar-refractivity contribution in [1.29, 1.82) is 5.41 Å². The van der Waals surface area contributed by atoms with Crippen LogP contribution in [0.2, 0.25) is 0 Å². The van der Waals surface area contributed by atoms with Crippen LogP contribution in [0.1, 0.15) is 5.56 Å². The van der Waals surface area contributed by atoms with Gasteiger partial charge in [0.2, 0.25) is 0 Å². The van der Waals surface area contributed by atoms with Gasteiger partial charge in [0.1, 0.15) is 12.4 Å². The fourth-order valence-electron chi connectivity index (χ4n) is 1.23. The first kappa shape index (κ1) is 15.0. The van der Waals surface area contributed by atoms with Gasteiger partial charge >= 0.3 is 0 Å². The predicted molar refractivity (Wildman–Crippen MR) is 69.6 cm³/mol. The second-order valence-corrected chi connectivity index (χ2v) is 3.58. The number of hydrogen-bond acceptors (Lipinski definition) is 4. The van der Waals surface area contributed by atoms with E-state index in [9.17, 15) is 8.78 Å². The molecule has 0 aliphatic rings. The number of nitrogens with two attached hydrogens (primary N) is 1. The highest BCUT2D eigenvalue weighted by atomic mass is 19.3. The van der Waals surface area contributed by atoms with Crippen LogP contribution in [0.25, 0.3) is 0 Å². The van der Waals surface area contributed by atoms with E-state index in [1.165, 1.54) is 24.4 Å². The molecule has 0 atom stereocenters. The summed E-state index contributed by atoms with van der Waals surface area (Å²) < 4.78 is 29.0. The molecule has 6 heteroatoms. The molecule has 102 valence electrons. The van der Waals surface area contributed by atoms with E-state index in [1.54, 1.807) is 12.3 Å². The topological polar surface area (TPSA) is 72.0 Å². The molecule has 1 aromatic heterocycles. The van der Waals surface area contributed by atoms with Gasteiger partial charge in [-0.05, 0) is 18.2 Å². The lowest BCUT2D eigenvalue weighted by Gasteiger charge is -2.08. The van der Waals surface area contributed by atoms with Crippen LogP contribution in [0.15, 0.2) is 42.8 Å². The minimum absolute atomic E-state index is 0.0255. The van der Waals surface area contributed by atoms with Crippen molar-refractivity contribution in [2.45, 2.75) is 13.0 Å². The lowest BCUT2D eigenvalue weighted by Crippen LogP contribution is -2.10. The maximum Gasteiger partial charge on any atom is 0.257 e. The van der Waals surface area contributed by atoms with E-state index in [-0.39, 0.29) is 12.3 Å². The van der Waals surface area contributed by atoms with Crippen molar-refractivity contribution < 1.29 is 13.5 Å². The first-order valence-electron chi connectivity index (χ1n) is 5.59. The Morgan fingerprint density at radius 2 is 2.26 bits per heavy atom. The average molecular weight is 267 g/mol. The zero-order valence-electron chi connectivity index (χ0n) is 10.2. The molecule has 0 unspecified atom stereocenters. The van der Waals surface area contributed by atoms with Gasteiger partial charge in [-0.25, -0.2) is 8.78 Å². The molecule has 0 aliphatic carbocycles. The predicted octanol–water partition coefficient (Wildman–Crippen LogP) is 2.32. The summed E-state index contributed by atoms with van der Waals surface area (Å²) in [5, 5.41) is 7.57. The number of aromatic nitrogens is 1. The molecule has 4 nitrogen and oxygen atoms in total. The Morgan fingerprint density at radius 3 is 2.95 bits per heavy atom. The zero-order chi connectivity index (χ0) is 14.1. The van der Waals surface area contributed by atoms with Crippen LogP contribution in [0.5, 0.6) is 5.75 Å². The highest BCUT2D eigenvalue weighted by Gasteiger charge is 2.02. The van der Waals surface area contributed by atoms with Gasteiger partial charge in [-0.1, -0.05) is 12.2 Å². The van der Waals surface area contributed by atoms with E-state index in [4.69, 9.17) is 15.9 Å². The third kappa shape index (κ3) is 5.87. The fourth-order valence-corrected chi connectivity index (χ4v) is 1.23. The highest BCUT2D eigenvalue weighted by Crippen LogP contribution is 2.15. The molecule has 1 rings (SSSR count). The molecule has 0 radical (unpaired) electrons. The SMILES string of the molecule is N=C(/C=C\C=C\C(F)F)COc1cnccc1CN. The van der Waals surface area contributed by atoms with E-state index >= 15 is 0 Å². The number of alkyl halides is 2.